The van der Waals surface area contributed by atoms with Gasteiger partial charge >= 0.3 is 5.97 Å². The summed E-state index contributed by atoms with van der Waals surface area (Å²) in [6.07, 6.45) is 2.52. The molecule has 0 bridgehead atoms. The number of ether oxygens (including phenoxy) is 1. The first kappa shape index (κ1) is 18.3. The average molecular weight is 320 g/mol. The number of carbonyl (C=O) groups excluding carboxylic acids is 2. The molecule has 7 heteroatoms. The molecule has 0 heterocycles. The summed E-state index contributed by atoms with van der Waals surface area (Å²) in [5, 5.41) is 13.4. The van der Waals surface area contributed by atoms with Crippen LogP contribution in [-0.4, -0.2) is 29.4 Å². The number of nitrogens with zero attached hydrogens (tertiary/aromatic N) is 1. The minimum atomic E-state index is -0.691. The zero-order valence-corrected chi connectivity index (χ0v) is 13.3. The van der Waals surface area contributed by atoms with Gasteiger partial charge in [-0.2, -0.15) is 0 Å². The van der Waals surface area contributed by atoms with Crippen molar-refractivity contribution < 1.29 is 19.2 Å². The Balaban J connectivity index is 2.49. The Morgan fingerprint density at radius 3 is 2.65 bits per heavy atom. The third kappa shape index (κ3) is 6.73. The maximum Gasteiger partial charge on any atom is 0.331 e. The number of esters is 1. The predicted octanol–water partition coefficient (Wildman–Crippen LogP) is 2.31. The molecule has 0 unspecified atom stereocenters. The number of benzene rings is 1. The van der Waals surface area contributed by atoms with E-state index in [1.807, 2.05) is 20.8 Å². The van der Waals surface area contributed by atoms with E-state index in [0.717, 1.165) is 6.08 Å². The van der Waals surface area contributed by atoms with Crippen LogP contribution in [0.4, 0.5) is 5.69 Å². The summed E-state index contributed by atoms with van der Waals surface area (Å²) in [6.45, 7) is 5.44. The number of nitro benzene ring substituents is 1. The molecular weight excluding hydrogens is 300 g/mol. The Kier molecular flexibility index (Phi) is 6.92. The van der Waals surface area contributed by atoms with Crippen LogP contribution in [-0.2, 0) is 14.3 Å². The largest absolute Gasteiger partial charge is 0.452 e. The summed E-state index contributed by atoms with van der Waals surface area (Å²) in [5.74, 6) is -0.782. The van der Waals surface area contributed by atoms with Crippen LogP contribution < -0.4 is 5.32 Å². The van der Waals surface area contributed by atoms with Crippen molar-refractivity contribution in [1.29, 1.82) is 0 Å². The molecule has 0 aliphatic heterocycles. The van der Waals surface area contributed by atoms with E-state index in [1.54, 1.807) is 6.07 Å². The van der Waals surface area contributed by atoms with Crippen LogP contribution in [0.2, 0.25) is 0 Å². The molecule has 0 fully saturated rings. The lowest BCUT2D eigenvalue weighted by atomic mass is 10.1. The number of amides is 1. The molecule has 0 spiro atoms. The van der Waals surface area contributed by atoms with Gasteiger partial charge in [-0.25, -0.2) is 4.79 Å². The molecule has 23 heavy (non-hydrogen) atoms. The number of nitro groups is 1. The van der Waals surface area contributed by atoms with E-state index in [0.29, 0.717) is 5.56 Å². The second-order valence-electron chi connectivity index (χ2n) is 5.39. The summed E-state index contributed by atoms with van der Waals surface area (Å²) < 4.78 is 4.81. The quantitative estimate of drug-likeness (QED) is 0.360. The van der Waals surface area contributed by atoms with Crippen molar-refractivity contribution >= 4 is 23.6 Å². The van der Waals surface area contributed by atoms with Gasteiger partial charge in [-0.15, -0.1) is 0 Å². The van der Waals surface area contributed by atoms with Gasteiger partial charge < -0.3 is 10.1 Å². The number of non-ortho nitro benzene ring substituents is 1. The molecule has 1 amide bonds. The highest BCUT2D eigenvalue weighted by atomic mass is 16.6. The van der Waals surface area contributed by atoms with Gasteiger partial charge in [-0.1, -0.05) is 26.0 Å². The molecule has 1 rings (SSSR count). The van der Waals surface area contributed by atoms with Crippen LogP contribution in [0.1, 0.15) is 26.3 Å². The first-order chi connectivity index (χ1) is 10.8. The summed E-state index contributed by atoms with van der Waals surface area (Å²) >= 11 is 0. The number of rotatable bonds is 7. The van der Waals surface area contributed by atoms with Crippen molar-refractivity contribution in [3.8, 4) is 0 Å². The number of hydrogen-bond acceptors (Lipinski definition) is 5. The lowest BCUT2D eigenvalue weighted by Gasteiger charge is -2.16. The maximum absolute atomic E-state index is 11.6. The molecule has 0 saturated heterocycles. The minimum Gasteiger partial charge on any atom is -0.452 e. The van der Waals surface area contributed by atoms with Gasteiger partial charge in [0, 0.05) is 24.3 Å². The van der Waals surface area contributed by atoms with Gasteiger partial charge in [0.05, 0.1) is 4.92 Å². The molecule has 1 N–H and O–H groups in total. The van der Waals surface area contributed by atoms with E-state index < -0.39 is 10.9 Å². The number of hydrogen-bond donors (Lipinski definition) is 1. The summed E-state index contributed by atoms with van der Waals surface area (Å²) in [4.78, 5) is 33.2. The fourth-order valence-electron chi connectivity index (χ4n) is 1.55. The highest BCUT2D eigenvalue weighted by molar-refractivity contribution is 5.89. The molecule has 7 nitrogen and oxygen atoms in total. The van der Waals surface area contributed by atoms with Gasteiger partial charge in [0.25, 0.3) is 11.6 Å². The average Bonchev–Trinajstić information content (AvgIpc) is 2.51. The lowest BCUT2D eigenvalue weighted by molar-refractivity contribution is -0.384. The zero-order valence-electron chi connectivity index (χ0n) is 13.3. The molecule has 0 aromatic heterocycles. The monoisotopic (exact) mass is 320 g/mol. The summed E-state index contributed by atoms with van der Waals surface area (Å²) in [7, 11) is 0. The Bertz CT molecular complexity index is 610. The van der Waals surface area contributed by atoms with E-state index in [2.05, 4.69) is 5.32 Å². The number of nitrogens with one attached hydrogen (secondary N) is 1. The highest BCUT2D eigenvalue weighted by Crippen LogP contribution is 2.14. The highest BCUT2D eigenvalue weighted by Gasteiger charge is 2.12. The van der Waals surface area contributed by atoms with Crippen LogP contribution in [0.5, 0.6) is 0 Å². The Hall–Kier alpha value is -2.70. The second-order valence-corrected chi connectivity index (χ2v) is 5.39. The maximum atomic E-state index is 11.6. The van der Waals surface area contributed by atoms with Crippen LogP contribution in [0, 0.1) is 16.0 Å². The van der Waals surface area contributed by atoms with Crippen molar-refractivity contribution in [2.75, 3.05) is 6.61 Å². The van der Waals surface area contributed by atoms with Crippen LogP contribution >= 0.6 is 0 Å². The Morgan fingerprint density at radius 1 is 1.35 bits per heavy atom. The normalized spacial score (nSPS) is 12.2. The Labute approximate surface area is 134 Å². The number of carbonyl (C=O) groups is 2. The first-order valence-corrected chi connectivity index (χ1v) is 7.18. The Morgan fingerprint density at radius 2 is 2.04 bits per heavy atom. The lowest BCUT2D eigenvalue weighted by Crippen LogP contribution is -2.38. The van der Waals surface area contributed by atoms with Crippen molar-refractivity contribution in [3.63, 3.8) is 0 Å². The van der Waals surface area contributed by atoms with Gasteiger partial charge in [-0.3, -0.25) is 14.9 Å². The topological polar surface area (TPSA) is 98.5 Å². The fourth-order valence-corrected chi connectivity index (χ4v) is 1.55. The molecule has 1 aromatic rings. The van der Waals surface area contributed by atoms with Crippen molar-refractivity contribution in [2.24, 2.45) is 5.92 Å². The minimum absolute atomic E-state index is 0.0124. The van der Waals surface area contributed by atoms with Gasteiger partial charge in [0.2, 0.25) is 0 Å². The standard InChI is InChI=1S/C16H20N2O5/c1-11(2)12(3)17-15(19)10-23-16(20)8-7-13-5-4-6-14(9-13)18(21)22/h4-9,11-12H,10H2,1-3H3,(H,17,19)/b8-7+/t12-/m1/s1. The smallest absolute Gasteiger partial charge is 0.331 e. The van der Waals surface area contributed by atoms with Gasteiger partial charge in [-0.05, 0) is 24.5 Å². The second kappa shape index (κ2) is 8.67. The molecule has 0 aliphatic rings. The van der Waals surface area contributed by atoms with Crippen LogP contribution in [0.3, 0.4) is 0 Å². The summed E-state index contributed by atoms with van der Waals surface area (Å²) in [5.41, 5.74) is 0.427. The molecule has 0 saturated carbocycles. The third-order valence-electron chi connectivity index (χ3n) is 3.23. The van der Waals surface area contributed by atoms with E-state index in [-0.39, 0.29) is 30.2 Å². The van der Waals surface area contributed by atoms with Gasteiger partial charge in [0.1, 0.15) is 0 Å². The van der Waals surface area contributed by atoms with Crippen molar-refractivity contribution in [3.05, 3.63) is 46.0 Å². The van der Waals surface area contributed by atoms with Crippen LogP contribution in [0.15, 0.2) is 30.3 Å². The third-order valence-corrected chi connectivity index (χ3v) is 3.23. The fraction of sp³-hybridized carbons (Fsp3) is 0.375. The van der Waals surface area contributed by atoms with Crippen molar-refractivity contribution in [1.82, 2.24) is 5.32 Å². The zero-order chi connectivity index (χ0) is 17.4. The van der Waals surface area contributed by atoms with E-state index >= 15 is 0 Å². The van der Waals surface area contributed by atoms with E-state index in [9.17, 15) is 19.7 Å². The summed E-state index contributed by atoms with van der Waals surface area (Å²) in [6, 6.07) is 5.82. The predicted molar refractivity (Wildman–Crippen MR) is 85.5 cm³/mol. The van der Waals surface area contributed by atoms with Crippen molar-refractivity contribution in [2.45, 2.75) is 26.8 Å². The molecule has 124 valence electrons. The molecule has 1 aromatic carbocycles. The SMILES string of the molecule is CC(C)[C@@H](C)NC(=O)COC(=O)/C=C/c1cccc([N+](=O)[O-])c1. The first-order valence-electron chi connectivity index (χ1n) is 7.18. The molecule has 0 radical (unpaired) electrons. The molecule has 0 aliphatic carbocycles. The van der Waals surface area contributed by atoms with E-state index in [4.69, 9.17) is 4.74 Å². The van der Waals surface area contributed by atoms with Crippen LogP contribution in [0.25, 0.3) is 6.08 Å². The van der Waals surface area contributed by atoms with Gasteiger partial charge in [0.15, 0.2) is 6.61 Å². The molecular formula is C16H20N2O5. The van der Waals surface area contributed by atoms with E-state index in [1.165, 1.54) is 24.3 Å². The molecule has 1 atom stereocenters.